The molecule has 1 atom stereocenters. The second kappa shape index (κ2) is 11.2. The third-order valence-electron chi connectivity index (χ3n) is 4.23. The van der Waals surface area contributed by atoms with Gasteiger partial charge in [0.15, 0.2) is 0 Å². The number of halogens is 11. The van der Waals surface area contributed by atoms with E-state index in [0.717, 1.165) is 0 Å². The van der Waals surface area contributed by atoms with E-state index < -0.39 is 84.1 Å². The van der Waals surface area contributed by atoms with Crippen LogP contribution in [-0.4, -0.2) is 41.6 Å². The van der Waals surface area contributed by atoms with Crippen LogP contribution in [0.3, 0.4) is 0 Å². The number of unbranched alkanes of at least 4 members (excludes halogenated alkanes) is 1. The van der Waals surface area contributed by atoms with Crippen molar-refractivity contribution in [3.05, 3.63) is 42.2 Å². The van der Waals surface area contributed by atoms with Gasteiger partial charge < -0.3 is 14.8 Å². The molecule has 5 nitrogen and oxygen atoms in total. The molecule has 0 saturated carbocycles. The number of alkyl halides is 10. The third kappa shape index (κ3) is 7.97. The number of rotatable bonds is 11. The highest BCUT2D eigenvalue weighted by Crippen LogP contribution is 2.41. The van der Waals surface area contributed by atoms with Gasteiger partial charge in [0.25, 0.3) is 0 Å². The highest BCUT2D eigenvalue weighted by Gasteiger charge is 2.66. The van der Waals surface area contributed by atoms with Crippen molar-refractivity contribution >= 4 is 30.2 Å². The summed E-state index contributed by atoms with van der Waals surface area (Å²) in [6, 6.07) is 1.85. The minimum absolute atomic E-state index is 0.387. The van der Waals surface area contributed by atoms with E-state index in [1.54, 1.807) is 0 Å². The van der Waals surface area contributed by atoms with Gasteiger partial charge in [0.05, 0.1) is 12.2 Å². The van der Waals surface area contributed by atoms with Gasteiger partial charge in [-0.15, -0.1) is 0 Å². The molecule has 1 rings (SSSR count). The average molecular weight is 563 g/mol. The highest BCUT2D eigenvalue weighted by atomic mass is 32.1. The van der Waals surface area contributed by atoms with Crippen LogP contribution in [0.4, 0.5) is 54.0 Å². The quantitative estimate of drug-likeness (QED) is 0.0832. The highest BCUT2D eigenvalue weighted by molar-refractivity contribution is 7.81. The lowest BCUT2D eigenvalue weighted by molar-refractivity contribution is -0.345. The molecule has 0 aliphatic rings. The fourth-order valence-electron chi connectivity index (χ4n) is 2.37. The molecule has 0 aromatic heterocycles. The van der Waals surface area contributed by atoms with Gasteiger partial charge in [0, 0.05) is 12.1 Å². The molecule has 0 heterocycles. The zero-order chi connectivity index (χ0) is 28.2. The molecule has 204 valence electrons. The molecular weight excluding hydrogens is 547 g/mol. The molecule has 17 heteroatoms. The summed E-state index contributed by atoms with van der Waals surface area (Å²) in [6.45, 7) is 1.09. The van der Waals surface area contributed by atoms with Gasteiger partial charge in [-0.3, -0.25) is 4.79 Å². The summed E-state index contributed by atoms with van der Waals surface area (Å²) < 4.78 is 152. The predicted molar refractivity (Wildman–Crippen MR) is 104 cm³/mol. The van der Waals surface area contributed by atoms with E-state index in [1.165, 1.54) is 5.32 Å². The number of carbonyl (C=O) groups excluding carboxylic acids is 2. The van der Waals surface area contributed by atoms with Crippen molar-refractivity contribution in [3.8, 4) is 0 Å². The number of thiol groups is 1. The standard InChI is InChI=1S/C19H16F11NO4S/c1-10(20)13(32)35-16(18(26,27)28,34-9-3-2-8-15(21,22)19(29,30)36)14(33)31-12-6-4-11(5-7-12)17(23,24)25/h4-7,36H,1-3,8-9H2,(H,31,33). The topological polar surface area (TPSA) is 64.6 Å². The molecular formula is C19H16F11NO4S. The molecule has 0 aliphatic heterocycles. The minimum atomic E-state index is -5.96. The van der Waals surface area contributed by atoms with E-state index in [9.17, 15) is 57.9 Å². The Morgan fingerprint density at radius 1 is 0.917 bits per heavy atom. The summed E-state index contributed by atoms with van der Waals surface area (Å²) in [5.74, 6) is -16.2. The Bertz CT molecular complexity index is 943. The predicted octanol–water partition coefficient (Wildman–Crippen LogP) is 6.27. The van der Waals surface area contributed by atoms with Crippen LogP contribution < -0.4 is 5.32 Å². The van der Waals surface area contributed by atoms with Gasteiger partial charge in [-0.2, -0.15) is 48.3 Å². The molecule has 1 aromatic carbocycles. The average Bonchev–Trinajstić information content (AvgIpc) is 2.70. The first kappa shape index (κ1) is 31.5. The van der Waals surface area contributed by atoms with Gasteiger partial charge in [0.2, 0.25) is 5.83 Å². The van der Waals surface area contributed by atoms with E-state index in [2.05, 4.69) is 28.7 Å². The van der Waals surface area contributed by atoms with Crippen LogP contribution in [0, 0.1) is 0 Å². The number of hydrogen-bond acceptors (Lipinski definition) is 5. The monoisotopic (exact) mass is 563 g/mol. The van der Waals surface area contributed by atoms with E-state index in [-0.39, 0.29) is 0 Å². The van der Waals surface area contributed by atoms with Crippen LogP contribution in [0.15, 0.2) is 36.7 Å². The molecule has 1 unspecified atom stereocenters. The molecule has 0 radical (unpaired) electrons. The molecule has 1 N–H and O–H groups in total. The van der Waals surface area contributed by atoms with Crippen molar-refractivity contribution in [2.45, 2.75) is 48.6 Å². The lowest BCUT2D eigenvalue weighted by Gasteiger charge is -2.33. The Balaban J connectivity index is 3.16. The van der Waals surface area contributed by atoms with Crippen LogP contribution in [0.1, 0.15) is 24.8 Å². The molecule has 0 spiro atoms. The number of anilines is 1. The molecule has 36 heavy (non-hydrogen) atoms. The third-order valence-corrected chi connectivity index (χ3v) is 4.56. The lowest BCUT2D eigenvalue weighted by Crippen LogP contribution is -2.59. The molecule has 1 aromatic rings. The number of carbonyl (C=O) groups is 2. The zero-order valence-electron chi connectivity index (χ0n) is 17.6. The second-order valence-corrected chi connectivity index (χ2v) is 7.55. The first-order valence-corrected chi connectivity index (χ1v) is 9.84. The second-order valence-electron chi connectivity index (χ2n) is 6.99. The SMILES string of the molecule is C=C(F)C(=O)OC(OCCCCC(F)(F)C(F)(F)S)(C(=O)Nc1ccc(C(F)(F)F)cc1)C(F)(F)F. The molecule has 1 amide bonds. The maximum atomic E-state index is 13.8. The largest absolute Gasteiger partial charge is 0.466 e. The van der Waals surface area contributed by atoms with Crippen LogP contribution in [-0.2, 0) is 25.2 Å². The Kier molecular flexibility index (Phi) is 9.82. The van der Waals surface area contributed by atoms with Crippen molar-refractivity contribution in [2.75, 3.05) is 11.9 Å². The number of nitrogens with one attached hydrogen (secondary N) is 1. The van der Waals surface area contributed by atoms with E-state index in [1.807, 2.05) is 0 Å². The van der Waals surface area contributed by atoms with E-state index in [4.69, 9.17) is 0 Å². The smallest absolute Gasteiger partial charge is 0.410 e. The Morgan fingerprint density at radius 2 is 1.44 bits per heavy atom. The van der Waals surface area contributed by atoms with Crippen molar-refractivity contribution in [2.24, 2.45) is 0 Å². The first-order chi connectivity index (χ1) is 16.1. The molecule has 0 aliphatic carbocycles. The van der Waals surface area contributed by atoms with E-state index in [0.29, 0.717) is 24.3 Å². The van der Waals surface area contributed by atoms with Gasteiger partial charge >= 0.3 is 41.2 Å². The lowest BCUT2D eigenvalue weighted by atomic mass is 10.1. The van der Waals surface area contributed by atoms with Crippen LogP contribution in [0.2, 0.25) is 0 Å². The fraction of sp³-hybridized carbons (Fsp3) is 0.474. The number of esters is 1. The van der Waals surface area contributed by atoms with Gasteiger partial charge in [-0.05, 0) is 37.1 Å². The van der Waals surface area contributed by atoms with Crippen molar-refractivity contribution in [3.63, 3.8) is 0 Å². The maximum absolute atomic E-state index is 13.8. The van der Waals surface area contributed by atoms with Crippen LogP contribution in [0.5, 0.6) is 0 Å². The summed E-state index contributed by atoms with van der Waals surface area (Å²) in [4.78, 5) is 23.9. The maximum Gasteiger partial charge on any atom is 0.466 e. The Hall–Kier alpha value is -2.56. The van der Waals surface area contributed by atoms with Crippen molar-refractivity contribution < 1.29 is 67.4 Å². The Morgan fingerprint density at radius 3 is 1.86 bits per heavy atom. The minimum Gasteiger partial charge on any atom is -0.410 e. The number of ether oxygens (including phenoxy) is 2. The number of amides is 1. The van der Waals surface area contributed by atoms with E-state index >= 15 is 0 Å². The Labute approximate surface area is 201 Å². The summed E-state index contributed by atoms with van der Waals surface area (Å²) in [5, 5.41) is -3.26. The number of hydrogen-bond donors (Lipinski definition) is 2. The number of benzene rings is 1. The van der Waals surface area contributed by atoms with Crippen molar-refractivity contribution in [1.82, 2.24) is 0 Å². The van der Waals surface area contributed by atoms with Gasteiger partial charge in [0.1, 0.15) is 0 Å². The van der Waals surface area contributed by atoms with Gasteiger partial charge in [-0.1, -0.05) is 19.2 Å². The molecule has 0 saturated heterocycles. The summed E-state index contributed by atoms with van der Waals surface area (Å²) in [6.07, 6.45) is -14.1. The van der Waals surface area contributed by atoms with Crippen molar-refractivity contribution in [1.29, 1.82) is 0 Å². The van der Waals surface area contributed by atoms with Gasteiger partial charge in [-0.25, -0.2) is 4.79 Å². The molecule has 0 fully saturated rings. The summed E-state index contributed by atoms with van der Waals surface area (Å²) >= 11 is 2.42. The first-order valence-electron chi connectivity index (χ1n) is 9.39. The van der Waals surface area contributed by atoms with Crippen LogP contribution in [0.25, 0.3) is 0 Å². The molecule has 0 bridgehead atoms. The summed E-state index contributed by atoms with van der Waals surface area (Å²) in [5.41, 5.74) is -1.90. The zero-order valence-corrected chi connectivity index (χ0v) is 18.5. The summed E-state index contributed by atoms with van der Waals surface area (Å²) in [7, 11) is 0. The van der Waals surface area contributed by atoms with Crippen LogP contribution >= 0.6 is 12.6 Å². The fourth-order valence-corrected chi connectivity index (χ4v) is 2.48. The normalized spacial score (nSPS) is 14.7.